The summed E-state index contributed by atoms with van der Waals surface area (Å²) in [5.41, 5.74) is 0.651. The topological polar surface area (TPSA) is 49.9 Å². The zero-order chi connectivity index (χ0) is 15.2. The van der Waals surface area contributed by atoms with Crippen LogP contribution >= 0.6 is 11.3 Å². The highest BCUT2D eigenvalue weighted by molar-refractivity contribution is 7.08. The Kier molecular flexibility index (Phi) is 3.46. The monoisotopic (exact) mass is 320 g/mol. The number of ether oxygens (including phenoxy) is 1. The molecular formula is C16H20N2O3S. The molecular weight excluding hydrogens is 300 g/mol. The minimum absolute atomic E-state index is 0.000341. The van der Waals surface area contributed by atoms with Gasteiger partial charge in [-0.2, -0.15) is 11.3 Å². The normalized spacial score (nSPS) is 31.6. The second-order valence-corrected chi connectivity index (χ2v) is 7.32. The summed E-state index contributed by atoms with van der Waals surface area (Å²) in [6.07, 6.45) is 2.47. The van der Waals surface area contributed by atoms with Crippen molar-refractivity contribution in [1.29, 1.82) is 0 Å². The molecule has 4 rings (SSSR count). The molecule has 22 heavy (non-hydrogen) atoms. The van der Waals surface area contributed by atoms with E-state index in [2.05, 4.69) is 0 Å². The van der Waals surface area contributed by atoms with Gasteiger partial charge in [-0.3, -0.25) is 9.59 Å². The molecule has 0 unspecified atom stereocenters. The van der Waals surface area contributed by atoms with Crippen molar-refractivity contribution >= 4 is 28.8 Å². The zero-order valence-corrected chi connectivity index (χ0v) is 13.3. The van der Waals surface area contributed by atoms with Crippen molar-refractivity contribution < 1.29 is 14.3 Å². The third kappa shape index (κ3) is 2.16. The fourth-order valence-electron chi connectivity index (χ4n) is 3.90. The van der Waals surface area contributed by atoms with Crippen LogP contribution in [-0.4, -0.2) is 49.6 Å². The van der Waals surface area contributed by atoms with Gasteiger partial charge in [-0.1, -0.05) is 0 Å². The first-order valence-electron chi connectivity index (χ1n) is 7.90. The summed E-state index contributed by atoms with van der Waals surface area (Å²) >= 11 is 1.61. The van der Waals surface area contributed by atoms with E-state index in [1.807, 2.05) is 26.6 Å². The molecule has 0 saturated carbocycles. The van der Waals surface area contributed by atoms with Crippen molar-refractivity contribution in [2.75, 3.05) is 37.7 Å². The van der Waals surface area contributed by atoms with Gasteiger partial charge in [0, 0.05) is 31.6 Å². The van der Waals surface area contributed by atoms with Crippen LogP contribution in [-0.2, 0) is 14.3 Å². The van der Waals surface area contributed by atoms with Gasteiger partial charge in [-0.15, -0.1) is 0 Å². The van der Waals surface area contributed by atoms with E-state index in [0.717, 1.165) is 31.5 Å². The maximum atomic E-state index is 12.9. The molecule has 1 aromatic rings. The van der Waals surface area contributed by atoms with E-state index in [-0.39, 0.29) is 23.1 Å². The lowest BCUT2D eigenvalue weighted by molar-refractivity contribution is -0.135. The molecule has 0 aromatic carbocycles. The third-order valence-corrected chi connectivity index (χ3v) is 5.95. The van der Waals surface area contributed by atoms with Crippen molar-refractivity contribution in [1.82, 2.24) is 4.90 Å². The Balaban J connectivity index is 1.47. The Hall–Kier alpha value is -1.40. The first-order chi connectivity index (χ1) is 10.7. The maximum Gasteiger partial charge on any atom is 0.235 e. The number of carbonyl (C=O) groups excluding carboxylic acids is 2. The fraction of sp³-hybridized carbons (Fsp3) is 0.625. The summed E-state index contributed by atoms with van der Waals surface area (Å²) in [6.45, 7) is 3.28. The quantitative estimate of drug-likeness (QED) is 0.834. The predicted octanol–water partition coefficient (Wildman–Crippen LogP) is 1.74. The molecule has 4 heterocycles. The van der Waals surface area contributed by atoms with Gasteiger partial charge >= 0.3 is 0 Å². The lowest BCUT2D eigenvalue weighted by Gasteiger charge is -2.24. The van der Waals surface area contributed by atoms with Gasteiger partial charge in [0.2, 0.25) is 11.8 Å². The van der Waals surface area contributed by atoms with E-state index in [9.17, 15) is 9.59 Å². The molecule has 0 bridgehead atoms. The van der Waals surface area contributed by atoms with Gasteiger partial charge in [0.1, 0.15) is 0 Å². The molecule has 2 amide bonds. The second-order valence-electron chi connectivity index (χ2n) is 6.54. The van der Waals surface area contributed by atoms with E-state index in [1.165, 1.54) is 0 Å². The van der Waals surface area contributed by atoms with Crippen molar-refractivity contribution in [3.63, 3.8) is 0 Å². The lowest BCUT2D eigenvalue weighted by Crippen LogP contribution is -2.40. The van der Waals surface area contributed by atoms with Crippen LogP contribution < -0.4 is 4.90 Å². The predicted molar refractivity (Wildman–Crippen MR) is 83.8 cm³/mol. The highest BCUT2D eigenvalue weighted by Crippen LogP contribution is 2.43. The Morgan fingerprint density at radius 3 is 2.95 bits per heavy atom. The van der Waals surface area contributed by atoms with Gasteiger partial charge < -0.3 is 14.5 Å². The summed E-state index contributed by atoms with van der Waals surface area (Å²) in [4.78, 5) is 29.2. The van der Waals surface area contributed by atoms with E-state index in [0.29, 0.717) is 26.3 Å². The summed E-state index contributed by atoms with van der Waals surface area (Å²) in [6, 6.07) is 2.00. The fourth-order valence-corrected chi connectivity index (χ4v) is 4.55. The van der Waals surface area contributed by atoms with Gasteiger partial charge in [-0.05, 0) is 30.7 Å². The highest BCUT2D eigenvalue weighted by Gasteiger charge is 2.52. The smallest absolute Gasteiger partial charge is 0.235 e. The number of rotatable bonds is 2. The number of thiophene rings is 1. The molecule has 1 spiro atoms. The number of hydrogen-bond acceptors (Lipinski definition) is 4. The molecule has 6 heteroatoms. The zero-order valence-electron chi connectivity index (χ0n) is 12.5. The molecule has 3 fully saturated rings. The van der Waals surface area contributed by atoms with E-state index >= 15 is 0 Å². The molecule has 3 saturated heterocycles. The molecule has 0 N–H and O–H groups in total. The number of hydrogen-bond donors (Lipinski definition) is 0. The van der Waals surface area contributed by atoms with Crippen LogP contribution in [0.5, 0.6) is 0 Å². The van der Waals surface area contributed by atoms with E-state index < -0.39 is 0 Å². The van der Waals surface area contributed by atoms with Gasteiger partial charge in [-0.25, -0.2) is 0 Å². The largest absolute Gasteiger partial charge is 0.381 e. The molecule has 5 nitrogen and oxygen atoms in total. The van der Waals surface area contributed by atoms with Crippen molar-refractivity contribution in [2.45, 2.75) is 19.3 Å². The first-order valence-corrected chi connectivity index (χ1v) is 8.85. The van der Waals surface area contributed by atoms with Gasteiger partial charge in [0.25, 0.3) is 0 Å². The molecule has 3 aliphatic heterocycles. The van der Waals surface area contributed by atoms with Crippen LogP contribution in [0, 0.1) is 11.3 Å². The summed E-state index contributed by atoms with van der Waals surface area (Å²) in [5, 5.41) is 4.02. The van der Waals surface area contributed by atoms with Gasteiger partial charge in [0.15, 0.2) is 0 Å². The molecule has 0 radical (unpaired) electrons. The van der Waals surface area contributed by atoms with Crippen LogP contribution in [0.2, 0.25) is 0 Å². The molecule has 2 atom stereocenters. The van der Waals surface area contributed by atoms with Crippen LogP contribution in [0.4, 0.5) is 5.69 Å². The van der Waals surface area contributed by atoms with E-state index in [4.69, 9.17) is 4.74 Å². The number of likely N-dealkylation sites (tertiary alicyclic amines) is 1. The Bertz CT molecular complexity index is 582. The van der Waals surface area contributed by atoms with Crippen LogP contribution in [0.3, 0.4) is 0 Å². The minimum Gasteiger partial charge on any atom is -0.381 e. The average molecular weight is 320 g/mol. The number of nitrogens with zero attached hydrogens (tertiary/aromatic N) is 2. The number of carbonyl (C=O) groups is 2. The maximum absolute atomic E-state index is 12.9. The second kappa shape index (κ2) is 5.35. The lowest BCUT2D eigenvalue weighted by atomic mass is 9.85. The third-order valence-electron chi connectivity index (χ3n) is 5.28. The summed E-state index contributed by atoms with van der Waals surface area (Å²) in [7, 11) is 0. The summed E-state index contributed by atoms with van der Waals surface area (Å²) < 4.78 is 5.32. The van der Waals surface area contributed by atoms with Crippen LogP contribution in [0.15, 0.2) is 16.8 Å². The van der Waals surface area contributed by atoms with Crippen molar-refractivity contribution in [2.24, 2.45) is 11.3 Å². The molecule has 0 aliphatic carbocycles. The Labute approximate surface area is 133 Å². The number of amides is 2. The molecule has 3 aliphatic rings. The molecule has 1 aromatic heterocycles. The highest BCUT2D eigenvalue weighted by atomic mass is 32.1. The van der Waals surface area contributed by atoms with Crippen molar-refractivity contribution in [3.05, 3.63) is 16.8 Å². The van der Waals surface area contributed by atoms with Crippen LogP contribution in [0.1, 0.15) is 19.3 Å². The first kappa shape index (κ1) is 14.2. The van der Waals surface area contributed by atoms with Crippen molar-refractivity contribution in [3.8, 4) is 0 Å². The minimum atomic E-state index is -0.350. The average Bonchev–Trinajstić information content (AvgIpc) is 3.28. The van der Waals surface area contributed by atoms with E-state index in [1.54, 1.807) is 11.3 Å². The molecule has 118 valence electrons. The number of anilines is 1. The SMILES string of the molecule is O=C([C@H]1CCOC1)N1CC[C@@]2(CCN(c3ccsc3)C2=O)C1. The van der Waals surface area contributed by atoms with Gasteiger partial charge in [0.05, 0.1) is 23.6 Å². The Morgan fingerprint density at radius 2 is 2.23 bits per heavy atom. The Morgan fingerprint density at radius 1 is 1.36 bits per heavy atom. The standard InChI is InChI=1S/C16H20N2O3S/c19-14(12-1-7-21-9-12)17-5-3-16(11-17)4-6-18(15(16)20)13-2-8-22-10-13/h2,8,10,12H,1,3-7,9,11H2/t12-,16+/m0/s1. The summed E-state index contributed by atoms with van der Waals surface area (Å²) in [5.74, 6) is 0.375. The van der Waals surface area contributed by atoms with Crippen LogP contribution in [0.25, 0.3) is 0 Å².